The Balaban J connectivity index is 2.92. The molecule has 0 radical (unpaired) electrons. The Morgan fingerprint density at radius 1 is 1.41 bits per heavy atom. The van der Waals surface area contributed by atoms with Crippen LogP contribution in [0.2, 0.25) is 0 Å². The molecule has 0 aliphatic rings. The molecule has 0 fully saturated rings. The molecule has 0 saturated heterocycles. The zero-order valence-electron chi connectivity index (χ0n) is 10.0. The lowest BCUT2D eigenvalue weighted by molar-refractivity contribution is 0.321. The van der Waals surface area contributed by atoms with E-state index in [1.54, 1.807) is 20.8 Å². The van der Waals surface area contributed by atoms with E-state index in [-0.39, 0.29) is 11.4 Å². The molecule has 96 valence electrons. The number of rotatable bonds is 5. The third kappa shape index (κ3) is 3.59. The molecule has 0 unspecified atom stereocenters. The lowest BCUT2D eigenvalue weighted by atomic mass is 10.3. The maximum absolute atomic E-state index is 13.5. The van der Waals surface area contributed by atoms with Gasteiger partial charge in [0.05, 0.1) is 17.5 Å². The van der Waals surface area contributed by atoms with Crippen LogP contribution in [-0.2, 0) is 10.0 Å². The molecule has 0 aliphatic carbocycles. The zero-order valence-corrected chi connectivity index (χ0v) is 10.8. The first-order valence-corrected chi connectivity index (χ1v) is 6.85. The molecule has 1 aromatic carbocycles. The number of halogens is 1. The van der Waals surface area contributed by atoms with Crippen molar-refractivity contribution in [3.63, 3.8) is 0 Å². The molecule has 1 N–H and O–H groups in total. The average molecular weight is 261 g/mol. The molecule has 0 spiro atoms. The Morgan fingerprint density at radius 3 is 2.53 bits per heavy atom. The van der Waals surface area contributed by atoms with Gasteiger partial charge in [-0.15, -0.1) is 0 Å². The number of hydrogen-bond donors (Lipinski definition) is 1. The van der Waals surface area contributed by atoms with Gasteiger partial charge in [0, 0.05) is 6.07 Å². The number of nitrogens with one attached hydrogen (secondary N) is 1. The van der Waals surface area contributed by atoms with E-state index >= 15 is 0 Å². The van der Waals surface area contributed by atoms with Crippen molar-refractivity contribution in [2.45, 2.75) is 26.0 Å². The van der Waals surface area contributed by atoms with Crippen molar-refractivity contribution in [3.05, 3.63) is 24.0 Å². The van der Waals surface area contributed by atoms with Gasteiger partial charge in [0.2, 0.25) is 10.0 Å². The molecule has 4 nitrogen and oxygen atoms in total. The molecule has 0 bridgehead atoms. The van der Waals surface area contributed by atoms with Crippen molar-refractivity contribution >= 4 is 15.7 Å². The largest absolute Gasteiger partial charge is 0.491 e. The summed E-state index contributed by atoms with van der Waals surface area (Å²) in [4.78, 5) is 0. The third-order valence-corrected chi connectivity index (χ3v) is 3.87. The highest BCUT2D eigenvalue weighted by Gasteiger charge is 2.16. The fourth-order valence-electron chi connectivity index (χ4n) is 1.12. The molecular weight excluding hydrogens is 245 g/mol. The second-order valence-electron chi connectivity index (χ2n) is 3.77. The van der Waals surface area contributed by atoms with E-state index < -0.39 is 21.1 Å². The highest BCUT2D eigenvalue weighted by molar-refractivity contribution is 7.93. The van der Waals surface area contributed by atoms with Gasteiger partial charge in [-0.2, -0.15) is 0 Å². The van der Waals surface area contributed by atoms with Crippen molar-refractivity contribution < 1.29 is 17.5 Å². The van der Waals surface area contributed by atoms with Crippen LogP contribution in [0.4, 0.5) is 10.1 Å². The van der Waals surface area contributed by atoms with Crippen molar-refractivity contribution in [3.8, 4) is 5.75 Å². The number of sulfonamides is 1. The molecule has 0 aromatic heterocycles. The summed E-state index contributed by atoms with van der Waals surface area (Å²) >= 11 is 0. The summed E-state index contributed by atoms with van der Waals surface area (Å²) in [6.45, 7) is 5.20. The summed E-state index contributed by atoms with van der Waals surface area (Å²) in [5, 5.41) is -0.572. The highest BCUT2D eigenvalue weighted by Crippen LogP contribution is 2.22. The first kappa shape index (κ1) is 13.8. The van der Waals surface area contributed by atoms with Crippen molar-refractivity contribution in [2.75, 3.05) is 11.3 Å². The van der Waals surface area contributed by atoms with Gasteiger partial charge < -0.3 is 4.74 Å². The van der Waals surface area contributed by atoms with Gasteiger partial charge in [-0.1, -0.05) is 0 Å². The summed E-state index contributed by atoms with van der Waals surface area (Å²) < 4.78 is 43.9. The van der Waals surface area contributed by atoms with Gasteiger partial charge in [-0.3, -0.25) is 4.72 Å². The Hall–Kier alpha value is -1.30. The van der Waals surface area contributed by atoms with Gasteiger partial charge in [0.1, 0.15) is 0 Å². The SMILES string of the molecule is CCOc1ccc(NS(=O)(=O)C(C)C)cc1F. The van der Waals surface area contributed by atoms with Crippen LogP contribution in [0.25, 0.3) is 0 Å². The Bertz CT molecular complexity index is 485. The highest BCUT2D eigenvalue weighted by atomic mass is 32.2. The minimum Gasteiger partial charge on any atom is -0.491 e. The van der Waals surface area contributed by atoms with Gasteiger partial charge in [0.25, 0.3) is 0 Å². The lowest BCUT2D eigenvalue weighted by Gasteiger charge is -2.11. The molecule has 0 aliphatic heterocycles. The van der Waals surface area contributed by atoms with Gasteiger partial charge in [0.15, 0.2) is 11.6 Å². The monoisotopic (exact) mass is 261 g/mol. The van der Waals surface area contributed by atoms with E-state index in [2.05, 4.69) is 4.72 Å². The van der Waals surface area contributed by atoms with Crippen LogP contribution in [0.3, 0.4) is 0 Å². The predicted octanol–water partition coefficient (Wildman–Crippen LogP) is 2.37. The molecule has 17 heavy (non-hydrogen) atoms. The topological polar surface area (TPSA) is 55.4 Å². The van der Waals surface area contributed by atoms with E-state index in [0.717, 1.165) is 6.07 Å². The van der Waals surface area contributed by atoms with Gasteiger partial charge in [-0.05, 0) is 32.9 Å². The number of hydrogen-bond acceptors (Lipinski definition) is 3. The Labute approximate surface area is 101 Å². The third-order valence-electron chi connectivity index (χ3n) is 2.11. The second kappa shape index (κ2) is 5.35. The fraction of sp³-hybridized carbons (Fsp3) is 0.455. The fourth-order valence-corrected chi connectivity index (χ4v) is 1.81. The van der Waals surface area contributed by atoms with E-state index in [4.69, 9.17) is 4.74 Å². The van der Waals surface area contributed by atoms with Crippen LogP contribution in [-0.4, -0.2) is 20.3 Å². The van der Waals surface area contributed by atoms with E-state index in [0.29, 0.717) is 6.61 Å². The normalized spacial score (nSPS) is 11.6. The molecule has 1 rings (SSSR count). The van der Waals surface area contributed by atoms with Crippen LogP contribution >= 0.6 is 0 Å². The molecule has 0 amide bonds. The standard InChI is InChI=1S/C11H16FNO3S/c1-4-16-11-6-5-9(7-10(11)12)13-17(14,15)8(2)3/h5-8,13H,4H2,1-3H3. The maximum Gasteiger partial charge on any atom is 0.235 e. The first-order valence-electron chi connectivity index (χ1n) is 5.30. The summed E-state index contributed by atoms with van der Waals surface area (Å²) in [6, 6.07) is 3.97. The predicted molar refractivity (Wildman–Crippen MR) is 65.2 cm³/mol. The van der Waals surface area contributed by atoms with Crippen LogP contribution in [0.15, 0.2) is 18.2 Å². The van der Waals surface area contributed by atoms with Gasteiger partial charge in [-0.25, -0.2) is 12.8 Å². The van der Waals surface area contributed by atoms with Gasteiger partial charge >= 0.3 is 0 Å². The summed E-state index contributed by atoms with van der Waals surface area (Å²) in [7, 11) is -3.45. The quantitative estimate of drug-likeness (QED) is 0.885. The van der Waals surface area contributed by atoms with Crippen LogP contribution in [0.5, 0.6) is 5.75 Å². The van der Waals surface area contributed by atoms with E-state index in [1.165, 1.54) is 12.1 Å². The first-order chi connectivity index (χ1) is 7.86. The molecular formula is C11H16FNO3S. The number of ether oxygens (including phenoxy) is 1. The zero-order chi connectivity index (χ0) is 13.1. The van der Waals surface area contributed by atoms with Crippen molar-refractivity contribution in [1.29, 1.82) is 0 Å². The molecule has 0 saturated carbocycles. The van der Waals surface area contributed by atoms with Crippen molar-refractivity contribution in [2.24, 2.45) is 0 Å². The Morgan fingerprint density at radius 2 is 2.06 bits per heavy atom. The summed E-state index contributed by atoms with van der Waals surface area (Å²) in [5.74, 6) is -0.476. The van der Waals surface area contributed by atoms with Crippen LogP contribution in [0, 0.1) is 5.82 Å². The smallest absolute Gasteiger partial charge is 0.235 e. The minimum atomic E-state index is -3.45. The second-order valence-corrected chi connectivity index (χ2v) is 6.01. The van der Waals surface area contributed by atoms with Crippen LogP contribution in [0.1, 0.15) is 20.8 Å². The molecule has 0 heterocycles. The average Bonchev–Trinajstić information content (AvgIpc) is 2.21. The minimum absolute atomic E-state index is 0.111. The molecule has 6 heteroatoms. The Kier molecular flexibility index (Phi) is 4.34. The van der Waals surface area contributed by atoms with E-state index in [9.17, 15) is 12.8 Å². The van der Waals surface area contributed by atoms with E-state index in [1.807, 2.05) is 0 Å². The van der Waals surface area contributed by atoms with Crippen LogP contribution < -0.4 is 9.46 Å². The lowest BCUT2D eigenvalue weighted by Crippen LogP contribution is -2.22. The molecule has 0 atom stereocenters. The summed E-state index contributed by atoms with van der Waals surface area (Å²) in [6.07, 6.45) is 0. The number of anilines is 1. The summed E-state index contributed by atoms with van der Waals surface area (Å²) in [5.41, 5.74) is 0.194. The number of benzene rings is 1. The van der Waals surface area contributed by atoms with Crippen molar-refractivity contribution in [1.82, 2.24) is 0 Å². The maximum atomic E-state index is 13.5. The molecule has 1 aromatic rings.